The lowest BCUT2D eigenvalue weighted by molar-refractivity contribution is 0.0654. The van der Waals surface area contributed by atoms with Crippen molar-refractivity contribution in [3.05, 3.63) is 65.5 Å². The second-order valence-corrected chi connectivity index (χ2v) is 7.15. The molecule has 0 spiro atoms. The molecule has 2 aromatic carbocycles. The van der Waals surface area contributed by atoms with Crippen molar-refractivity contribution in [2.75, 3.05) is 0 Å². The summed E-state index contributed by atoms with van der Waals surface area (Å²) >= 11 is 0. The van der Waals surface area contributed by atoms with Gasteiger partial charge in [0.15, 0.2) is 5.82 Å². The summed E-state index contributed by atoms with van der Waals surface area (Å²) in [4.78, 5) is 21.6. The van der Waals surface area contributed by atoms with Crippen molar-refractivity contribution in [1.82, 2.24) is 14.9 Å². The summed E-state index contributed by atoms with van der Waals surface area (Å²) in [6, 6.07) is 14.9. The van der Waals surface area contributed by atoms with Crippen molar-refractivity contribution in [1.29, 1.82) is 0 Å². The third kappa shape index (κ3) is 3.70. The average molecular weight is 369 g/mol. The van der Waals surface area contributed by atoms with Crippen LogP contribution >= 0.6 is 0 Å². The first kappa shape index (κ1) is 17.6. The average Bonchev–Trinajstić information content (AvgIpc) is 3.43. The highest BCUT2D eigenvalue weighted by molar-refractivity contribution is 5.97. The van der Waals surface area contributed by atoms with Gasteiger partial charge in [0.25, 0.3) is 12.3 Å². The van der Waals surface area contributed by atoms with Crippen LogP contribution in [-0.2, 0) is 6.54 Å². The molecule has 4 rings (SSSR count). The molecular weight excluding hydrogens is 348 g/mol. The van der Waals surface area contributed by atoms with E-state index in [1.165, 1.54) is 0 Å². The molecule has 27 heavy (non-hydrogen) atoms. The summed E-state index contributed by atoms with van der Waals surface area (Å²) in [7, 11) is 0. The zero-order valence-electron chi connectivity index (χ0n) is 15.0. The van der Waals surface area contributed by atoms with Gasteiger partial charge in [-0.2, -0.15) is 0 Å². The number of benzene rings is 2. The quantitative estimate of drug-likeness (QED) is 0.669. The number of nitrogens with zero attached hydrogens (tertiary/aromatic N) is 2. The van der Waals surface area contributed by atoms with Crippen LogP contribution in [0.25, 0.3) is 11.0 Å². The van der Waals surface area contributed by atoms with Crippen LogP contribution in [0.15, 0.2) is 48.5 Å². The normalized spacial score (nSPS) is 15.3. The maximum absolute atomic E-state index is 13.3. The minimum absolute atomic E-state index is 0.0895. The van der Waals surface area contributed by atoms with Crippen molar-refractivity contribution >= 4 is 16.9 Å². The predicted octanol–water partition coefficient (Wildman–Crippen LogP) is 4.94. The lowest BCUT2D eigenvalue weighted by Crippen LogP contribution is -2.39. The Kier molecular flexibility index (Phi) is 4.64. The summed E-state index contributed by atoms with van der Waals surface area (Å²) in [6.07, 6.45) is -0.394. The number of amides is 1. The van der Waals surface area contributed by atoms with Gasteiger partial charge in [-0.05, 0) is 49.4 Å². The molecule has 1 saturated carbocycles. The van der Waals surface area contributed by atoms with Crippen LogP contribution < -0.4 is 0 Å². The van der Waals surface area contributed by atoms with E-state index in [-0.39, 0.29) is 17.8 Å². The van der Waals surface area contributed by atoms with Gasteiger partial charge in [-0.15, -0.1) is 0 Å². The SMILES string of the molecule is CC(C1CC1)N(Cc1ccccc1)C(=O)c1ccc2nc(C(F)F)[nH]c2c1. The number of carbonyl (C=O) groups excluding carboxylic acids is 1. The van der Waals surface area contributed by atoms with Gasteiger partial charge < -0.3 is 9.88 Å². The molecule has 4 nitrogen and oxygen atoms in total. The highest BCUT2D eigenvalue weighted by Gasteiger charge is 2.34. The van der Waals surface area contributed by atoms with Gasteiger partial charge in [0.05, 0.1) is 11.0 Å². The molecule has 1 aromatic heterocycles. The highest BCUT2D eigenvalue weighted by Crippen LogP contribution is 2.36. The van der Waals surface area contributed by atoms with Crippen molar-refractivity contribution < 1.29 is 13.6 Å². The minimum Gasteiger partial charge on any atom is -0.337 e. The number of rotatable bonds is 6. The maximum atomic E-state index is 13.3. The molecule has 0 saturated heterocycles. The third-order valence-corrected chi connectivity index (χ3v) is 5.21. The molecule has 3 aromatic rings. The van der Waals surface area contributed by atoms with Crippen molar-refractivity contribution in [3.8, 4) is 0 Å². The minimum atomic E-state index is -2.67. The number of H-pyrrole nitrogens is 1. The zero-order chi connectivity index (χ0) is 19.0. The molecular formula is C21H21F2N3O. The van der Waals surface area contributed by atoms with E-state index in [4.69, 9.17) is 0 Å². The molecule has 1 aliphatic carbocycles. The van der Waals surface area contributed by atoms with Crippen LogP contribution in [-0.4, -0.2) is 26.8 Å². The molecule has 1 aliphatic rings. The van der Waals surface area contributed by atoms with E-state index in [2.05, 4.69) is 16.9 Å². The molecule has 6 heteroatoms. The van der Waals surface area contributed by atoms with Gasteiger partial charge in [0, 0.05) is 18.2 Å². The monoisotopic (exact) mass is 369 g/mol. The van der Waals surface area contributed by atoms with Gasteiger partial charge >= 0.3 is 0 Å². The van der Waals surface area contributed by atoms with Crippen molar-refractivity contribution in [2.24, 2.45) is 5.92 Å². The summed E-state index contributed by atoms with van der Waals surface area (Å²) in [5.41, 5.74) is 2.44. The molecule has 1 N–H and O–H groups in total. The molecule has 0 radical (unpaired) electrons. The Morgan fingerprint density at radius 3 is 2.63 bits per heavy atom. The number of carbonyl (C=O) groups is 1. The topological polar surface area (TPSA) is 49.0 Å². The number of aromatic nitrogens is 2. The summed E-state index contributed by atoms with van der Waals surface area (Å²) < 4.78 is 25.7. The Bertz CT molecular complexity index is 950. The number of aromatic amines is 1. The predicted molar refractivity (Wildman–Crippen MR) is 99.6 cm³/mol. The second kappa shape index (κ2) is 7.10. The second-order valence-electron chi connectivity index (χ2n) is 7.15. The van der Waals surface area contributed by atoms with Crippen LogP contribution in [0, 0.1) is 5.92 Å². The Labute approximate surface area is 156 Å². The van der Waals surface area contributed by atoms with Gasteiger partial charge in [-0.3, -0.25) is 4.79 Å². The van der Waals surface area contributed by atoms with Crippen LogP contribution in [0.4, 0.5) is 8.78 Å². The first-order valence-electron chi connectivity index (χ1n) is 9.15. The first-order chi connectivity index (χ1) is 13.0. The van der Waals surface area contributed by atoms with Crippen molar-refractivity contribution in [3.63, 3.8) is 0 Å². The fraction of sp³-hybridized carbons (Fsp3) is 0.333. The first-order valence-corrected chi connectivity index (χ1v) is 9.15. The number of halogens is 2. The molecule has 1 unspecified atom stereocenters. The summed E-state index contributed by atoms with van der Waals surface area (Å²) in [6.45, 7) is 2.61. The number of nitrogens with one attached hydrogen (secondary N) is 1. The van der Waals surface area contributed by atoms with Crippen LogP contribution in [0.2, 0.25) is 0 Å². The summed E-state index contributed by atoms with van der Waals surface area (Å²) in [5, 5.41) is 0. The van der Waals surface area contributed by atoms with E-state index in [1.54, 1.807) is 18.2 Å². The number of hydrogen-bond donors (Lipinski definition) is 1. The standard InChI is InChI=1S/C21H21F2N3O/c1-13(15-7-8-15)26(12-14-5-3-2-4-6-14)21(27)16-9-10-17-18(11-16)25-20(24-17)19(22)23/h2-6,9-11,13,15,19H,7-8,12H2,1H3,(H,24,25). The van der Waals surface area contributed by atoms with Crippen LogP contribution in [0.3, 0.4) is 0 Å². The Morgan fingerprint density at radius 2 is 1.96 bits per heavy atom. The number of alkyl halides is 2. The fourth-order valence-electron chi connectivity index (χ4n) is 3.45. The van der Waals surface area contributed by atoms with E-state index in [0.717, 1.165) is 18.4 Å². The van der Waals surface area contributed by atoms with Crippen molar-refractivity contribution in [2.45, 2.75) is 38.8 Å². The third-order valence-electron chi connectivity index (χ3n) is 5.21. The molecule has 0 aliphatic heterocycles. The lowest BCUT2D eigenvalue weighted by Gasteiger charge is -2.30. The zero-order valence-corrected chi connectivity index (χ0v) is 15.0. The molecule has 0 bridgehead atoms. The maximum Gasteiger partial charge on any atom is 0.295 e. The van der Waals surface area contributed by atoms with E-state index >= 15 is 0 Å². The van der Waals surface area contributed by atoms with Gasteiger partial charge in [0.2, 0.25) is 0 Å². The largest absolute Gasteiger partial charge is 0.337 e. The van der Waals surface area contributed by atoms with Gasteiger partial charge in [-0.25, -0.2) is 13.8 Å². The Morgan fingerprint density at radius 1 is 1.22 bits per heavy atom. The molecule has 1 fully saturated rings. The molecule has 1 heterocycles. The summed E-state index contributed by atoms with van der Waals surface area (Å²) in [5.74, 6) is 0.0643. The van der Waals surface area contributed by atoms with E-state index < -0.39 is 6.43 Å². The molecule has 1 atom stereocenters. The number of hydrogen-bond acceptors (Lipinski definition) is 2. The Balaban J connectivity index is 1.64. The molecule has 140 valence electrons. The van der Waals surface area contributed by atoms with Gasteiger partial charge in [-0.1, -0.05) is 30.3 Å². The number of imidazole rings is 1. The highest BCUT2D eigenvalue weighted by atomic mass is 19.3. The fourth-order valence-corrected chi connectivity index (χ4v) is 3.45. The van der Waals surface area contributed by atoms with Gasteiger partial charge in [0.1, 0.15) is 0 Å². The van der Waals surface area contributed by atoms with E-state index in [9.17, 15) is 13.6 Å². The smallest absolute Gasteiger partial charge is 0.295 e. The Hall–Kier alpha value is -2.76. The van der Waals surface area contributed by atoms with E-state index in [0.29, 0.717) is 29.1 Å². The lowest BCUT2D eigenvalue weighted by atomic mass is 10.1. The van der Waals surface area contributed by atoms with E-state index in [1.807, 2.05) is 35.2 Å². The number of fused-ring (bicyclic) bond motifs is 1. The van der Waals surface area contributed by atoms with Crippen LogP contribution in [0.5, 0.6) is 0 Å². The molecule has 1 amide bonds. The van der Waals surface area contributed by atoms with Crippen LogP contribution in [0.1, 0.15) is 47.9 Å².